The molecule has 1 fully saturated rings. The highest BCUT2D eigenvalue weighted by molar-refractivity contribution is 5.18. The van der Waals surface area contributed by atoms with Crippen LogP contribution in [0.25, 0.3) is 0 Å². The average Bonchev–Trinajstić information content (AvgIpc) is 2.72. The van der Waals surface area contributed by atoms with E-state index in [0.29, 0.717) is 0 Å². The zero-order valence-corrected chi connectivity index (χ0v) is 8.51. The molecule has 1 saturated carbocycles. The molecule has 0 bridgehead atoms. The van der Waals surface area contributed by atoms with Gasteiger partial charge in [-0.25, -0.2) is 0 Å². The maximum atomic E-state index is 6.03. The van der Waals surface area contributed by atoms with E-state index in [-0.39, 0.29) is 5.54 Å². The maximum absolute atomic E-state index is 6.03. The van der Waals surface area contributed by atoms with E-state index in [4.69, 9.17) is 5.73 Å². The van der Waals surface area contributed by atoms with E-state index in [1.54, 1.807) is 0 Å². The van der Waals surface area contributed by atoms with Crippen molar-refractivity contribution in [3.05, 3.63) is 23.5 Å². The van der Waals surface area contributed by atoms with Gasteiger partial charge < -0.3 is 10.3 Å². The van der Waals surface area contributed by atoms with Gasteiger partial charge in [0.1, 0.15) is 0 Å². The molecule has 2 rings (SSSR count). The van der Waals surface area contributed by atoms with Gasteiger partial charge in [0.2, 0.25) is 0 Å². The summed E-state index contributed by atoms with van der Waals surface area (Å²) in [5.41, 5.74) is 8.99. The third-order valence-electron chi connectivity index (χ3n) is 3.11. The molecule has 0 spiro atoms. The number of hydrogen-bond acceptors (Lipinski definition) is 1. The Morgan fingerprint density at radius 1 is 1.54 bits per heavy atom. The second kappa shape index (κ2) is 2.88. The minimum Gasteiger partial charge on any atom is -0.354 e. The highest BCUT2D eigenvalue weighted by Crippen LogP contribution is 2.36. The van der Waals surface area contributed by atoms with Gasteiger partial charge >= 0.3 is 0 Å². The maximum Gasteiger partial charge on any atom is 0.0158 e. The summed E-state index contributed by atoms with van der Waals surface area (Å²) >= 11 is 0. The number of aryl methyl sites for hydroxylation is 3. The fourth-order valence-electron chi connectivity index (χ4n) is 1.70. The van der Waals surface area contributed by atoms with Gasteiger partial charge in [0, 0.05) is 24.5 Å². The molecule has 0 atom stereocenters. The highest BCUT2D eigenvalue weighted by atomic mass is 14.9. The molecule has 13 heavy (non-hydrogen) atoms. The Morgan fingerprint density at radius 2 is 2.23 bits per heavy atom. The number of nitrogens with two attached hydrogens (primary N) is 1. The van der Waals surface area contributed by atoms with E-state index >= 15 is 0 Å². The van der Waals surface area contributed by atoms with Crippen molar-refractivity contribution in [1.29, 1.82) is 0 Å². The Hall–Kier alpha value is -0.760. The van der Waals surface area contributed by atoms with Crippen LogP contribution in [-0.2, 0) is 13.5 Å². The largest absolute Gasteiger partial charge is 0.354 e. The fraction of sp³-hybridized carbons (Fsp3) is 0.636. The first-order chi connectivity index (χ1) is 6.09. The Labute approximate surface area is 79.7 Å². The van der Waals surface area contributed by atoms with Crippen molar-refractivity contribution < 1.29 is 0 Å². The Balaban J connectivity index is 1.94. The van der Waals surface area contributed by atoms with E-state index in [1.165, 1.54) is 24.1 Å². The van der Waals surface area contributed by atoms with Crippen molar-refractivity contribution in [1.82, 2.24) is 4.57 Å². The predicted octanol–water partition coefficient (Wildman–Crippen LogP) is 1.76. The van der Waals surface area contributed by atoms with Crippen LogP contribution < -0.4 is 5.73 Å². The topological polar surface area (TPSA) is 30.9 Å². The van der Waals surface area contributed by atoms with Crippen LogP contribution in [0.1, 0.15) is 30.5 Å². The van der Waals surface area contributed by atoms with Gasteiger partial charge in [-0.15, -0.1) is 0 Å². The molecule has 0 unspecified atom stereocenters. The molecule has 1 heterocycles. The van der Waals surface area contributed by atoms with Gasteiger partial charge in [-0.1, -0.05) is 0 Å². The van der Waals surface area contributed by atoms with E-state index < -0.39 is 0 Å². The molecule has 72 valence electrons. The molecular formula is C11H18N2. The molecule has 0 amide bonds. The van der Waals surface area contributed by atoms with Crippen LogP contribution in [0.5, 0.6) is 0 Å². The zero-order valence-electron chi connectivity index (χ0n) is 8.51. The quantitative estimate of drug-likeness (QED) is 0.751. The fourth-order valence-corrected chi connectivity index (χ4v) is 1.70. The standard InChI is InChI=1S/C11H18N2/c1-9-7-10(8-13(9)2)3-4-11(12)5-6-11/h7-8H,3-6,12H2,1-2H3. The normalized spacial score (nSPS) is 19.0. The summed E-state index contributed by atoms with van der Waals surface area (Å²) in [6.45, 7) is 2.14. The second-order valence-corrected chi connectivity index (χ2v) is 4.46. The third kappa shape index (κ3) is 1.94. The van der Waals surface area contributed by atoms with Gasteiger partial charge in [0.05, 0.1) is 0 Å². The first kappa shape index (κ1) is 8.82. The predicted molar refractivity (Wildman–Crippen MR) is 54.6 cm³/mol. The second-order valence-electron chi connectivity index (χ2n) is 4.46. The molecule has 0 radical (unpaired) electrons. The van der Waals surface area contributed by atoms with Crippen LogP contribution in [0.15, 0.2) is 12.3 Å². The summed E-state index contributed by atoms with van der Waals surface area (Å²) in [5.74, 6) is 0. The van der Waals surface area contributed by atoms with Crippen LogP contribution in [-0.4, -0.2) is 10.1 Å². The molecule has 1 aliphatic rings. The molecule has 1 aromatic rings. The SMILES string of the molecule is Cc1cc(CCC2(N)CC2)cn1C. The molecule has 1 aliphatic carbocycles. The smallest absolute Gasteiger partial charge is 0.0158 e. The molecule has 0 aromatic carbocycles. The minimum absolute atomic E-state index is 0.198. The minimum atomic E-state index is 0.198. The monoisotopic (exact) mass is 178 g/mol. The molecular weight excluding hydrogens is 160 g/mol. The highest BCUT2D eigenvalue weighted by Gasteiger charge is 2.37. The van der Waals surface area contributed by atoms with Crippen molar-refractivity contribution in [3.8, 4) is 0 Å². The zero-order chi connectivity index (χ0) is 9.47. The van der Waals surface area contributed by atoms with Crippen molar-refractivity contribution in [2.24, 2.45) is 12.8 Å². The number of nitrogens with zero attached hydrogens (tertiary/aromatic N) is 1. The van der Waals surface area contributed by atoms with Crippen LogP contribution >= 0.6 is 0 Å². The molecule has 2 N–H and O–H groups in total. The van der Waals surface area contributed by atoms with Gasteiger partial charge in [-0.05, 0) is 44.2 Å². The summed E-state index contributed by atoms with van der Waals surface area (Å²) in [5, 5.41) is 0. The summed E-state index contributed by atoms with van der Waals surface area (Å²) in [7, 11) is 2.09. The first-order valence-electron chi connectivity index (χ1n) is 5.00. The summed E-state index contributed by atoms with van der Waals surface area (Å²) in [4.78, 5) is 0. The summed E-state index contributed by atoms with van der Waals surface area (Å²) in [6.07, 6.45) is 6.94. The molecule has 0 aliphatic heterocycles. The number of hydrogen-bond donors (Lipinski definition) is 1. The Kier molecular flexibility index (Phi) is 1.95. The van der Waals surface area contributed by atoms with Crippen LogP contribution in [0.2, 0.25) is 0 Å². The Morgan fingerprint density at radius 3 is 2.69 bits per heavy atom. The van der Waals surface area contributed by atoms with Crippen molar-refractivity contribution >= 4 is 0 Å². The van der Waals surface area contributed by atoms with Crippen LogP contribution in [0.4, 0.5) is 0 Å². The van der Waals surface area contributed by atoms with Gasteiger partial charge in [-0.3, -0.25) is 0 Å². The molecule has 2 heteroatoms. The van der Waals surface area contributed by atoms with E-state index in [2.05, 4.69) is 30.8 Å². The van der Waals surface area contributed by atoms with Crippen molar-refractivity contribution in [2.45, 2.75) is 38.1 Å². The summed E-state index contributed by atoms with van der Waals surface area (Å²) in [6, 6.07) is 2.26. The van der Waals surface area contributed by atoms with Crippen LogP contribution in [0, 0.1) is 6.92 Å². The lowest BCUT2D eigenvalue weighted by Gasteiger charge is -2.05. The van der Waals surface area contributed by atoms with E-state index in [9.17, 15) is 0 Å². The number of rotatable bonds is 3. The van der Waals surface area contributed by atoms with Crippen molar-refractivity contribution in [2.75, 3.05) is 0 Å². The average molecular weight is 178 g/mol. The van der Waals surface area contributed by atoms with Gasteiger partial charge in [0.15, 0.2) is 0 Å². The Bertz CT molecular complexity index is 288. The van der Waals surface area contributed by atoms with Gasteiger partial charge in [-0.2, -0.15) is 0 Å². The lowest BCUT2D eigenvalue weighted by Crippen LogP contribution is -2.21. The number of aromatic nitrogens is 1. The molecule has 2 nitrogen and oxygen atoms in total. The molecule has 1 aromatic heterocycles. The lowest BCUT2D eigenvalue weighted by molar-refractivity contribution is 0.609. The van der Waals surface area contributed by atoms with E-state index in [1.807, 2.05) is 0 Å². The lowest BCUT2D eigenvalue weighted by atomic mass is 10.1. The molecule has 0 saturated heterocycles. The van der Waals surface area contributed by atoms with Crippen LogP contribution in [0.3, 0.4) is 0 Å². The first-order valence-corrected chi connectivity index (χ1v) is 5.00. The summed E-state index contributed by atoms with van der Waals surface area (Å²) < 4.78 is 2.17. The third-order valence-corrected chi connectivity index (χ3v) is 3.11. The van der Waals surface area contributed by atoms with E-state index in [0.717, 1.165) is 12.8 Å². The van der Waals surface area contributed by atoms with Crippen molar-refractivity contribution in [3.63, 3.8) is 0 Å². The van der Waals surface area contributed by atoms with Gasteiger partial charge in [0.25, 0.3) is 0 Å².